The highest BCUT2D eigenvalue weighted by Crippen LogP contribution is 2.11. The van der Waals surface area contributed by atoms with Crippen LogP contribution in [0.5, 0.6) is 5.75 Å². The van der Waals surface area contributed by atoms with Gasteiger partial charge in [-0.2, -0.15) is 0 Å². The summed E-state index contributed by atoms with van der Waals surface area (Å²) >= 11 is 0. The van der Waals surface area contributed by atoms with Crippen LogP contribution in [0.3, 0.4) is 0 Å². The van der Waals surface area contributed by atoms with E-state index in [1.165, 1.54) is 43.2 Å². The molecular weight excluding hydrogens is 318 g/mol. The Bertz CT molecular complexity index is 579. The van der Waals surface area contributed by atoms with E-state index in [1.807, 2.05) is 0 Å². The van der Waals surface area contributed by atoms with Crippen LogP contribution in [-0.4, -0.2) is 36.4 Å². The number of carbonyl (C=O) groups is 1. The van der Waals surface area contributed by atoms with Gasteiger partial charge in [0.1, 0.15) is 11.8 Å². The lowest BCUT2D eigenvalue weighted by molar-refractivity contribution is -0.138. The van der Waals surface area contributed by atoms with Crippen molar-refractivity contribution >= 4 is 16.0 Å². The van der Waals surface area contributed by atoms with Gasteiger partial charge in [-0.25, -0.2) is 13.1 Å². The normalized spacial score (nSPS) is 11.9. The van der Waals surface area contributed by atoms with Crippen molar-refractivity contribution < 1.29 is 23.4 Å². The Labute approximate surface area is 137 Å². The van der Waals surface area contributed by atoms with E-state index < -0.39 is 22.0 Å². The fourth-order valence-electron chi connectivity index (χ4n) is 1.47. The molecule has 0 fully saturated rings. The molecule has 0 heterocycles. The Morgan fingerprint density at radius 3 is 2.17 bits per heavy atom. The number of benzene rings is 1. The van der Waals surface area contributed by atoms with Crippen molar-refractivity contribution in [2.75, 3.05) is 5.75 Å². The average molecular weight is 343 g/mol. The third-order valence-electron chi connectivity index (χ3n) is 2.83. The van der Waals surface area contributed by atoms with Crippen molar-refractivity contribution in [3.63, 3.8) is 0 Å². The van der Waals surface area contributed by atoms with E-state index in [0.29, 0.717) is 5.56 Å². The molecule has 1 atom stereocenters. The highest BCUT2D eigenvalue weighted by Gasteiger charge is 2.23. The third kappa shape index (κ3) is 9.70. The van der Waals surface area contributed by atoms with Crippen molar-refractivity contribution in [3.8, 4) is 5.75 Å². The van der Waals surface area contributed by atoms with Gasteiger partial charge in [0.15, 0.2) is 0 Å². The molecule has 0 radical (unpaired) electrons. The number of rotatable bonds is 8. The Hall–Kier alpha value is -1.86. The first-order valence-corrected chi connectivity index (χ1v) is 9.02. The van der Waals surface area contributed by atoms with Crippen LogP contribution in [0.2, 0.25) is 0 Å². The summed E-state index contributed by atoms with van der Waals surface area (Å²) in [6.07, 6.45) is 3.81. The molecule has 0 aliphatic heterocycles. The predicted octanol–water partition coefficient (Wildman–Crippen LogP) is 2.30. The largest absolute Gasteiger partial charge is 0.508 e. The minimum atomic E-state index is -3.70. The van der Waals surface area contributed by atoms with Crippen LogP contribution in [0.25, 0.3) is 0 Å². The molecule has 0 saturated carbocycles. The van der Waals surface area contributed by atoms with Crippen molar-refractivity contribution in [1.82, 2.24) is 4.72 Å². The van der Waals surface area contributed by atoms with Crippen LogP contribution < -0.4 is 4.72 Å². The number of nitrogens with one attached hydrogen (secondary N) is 1. The number of aromatic hydroxyl groups is 1. The van der Waals surface area contributed by atoms with Gasteiger partial charge >= 0.3 is 5.97 Å². The summed E-state index contributed by atoms with van der Waals surface area (Å²) in [5, 5.41) is 18.1. The van der Waals surface area contributed by atoms with E-state index in [1.54, 1.807) is 0 Å². The number of carboxylic acids is 1. The Kier molecular flexibility index (Phi) is 9.92. The molecule has 130 valence electrons. The fraction of sp³-hybridized carbons (Fsp3) is 0.438. The topological polar surface area (TPSA) is 104 Å². The fourth-order valence-corrected chi connectivity index (χ4v) is 2.49. The summed E-state index contributed by atoms with van der Waals surface area (Å²) in [5.41, 5.74) is 0.603. The molecular formula is C16H25NO5S. The number of sulfonamides is 1. The van der Waals surface area contributed by atoms with E-state index in [9.17, 15) is 13.2 Å². The van der Waals surface area contributed by atoms with Gasteiger partial charge in [0.05, 0.1) is 5.75 Å². The minimum Gasteiger partial charge on any atom is -0.508 e. The maximum absolute atomic E-state index is 11.5. The number of phenols is 1. The predicted molar refractivity (Wildman–Crippen MR) is 90.9 cm³/mol. The molecule has 0 amide bonds. The minimum absolute atomic E-state index is 0.00795. The zero-order valence-corrected chi connectivity index (χ0v) is 14.3. The monoisotopic (exact) mass is 343 g/mol. The zero-order valence-electron chi connectivity index (χ0n) is 13.5. The summed E-state index contributed by atoms with van der Waals surface area (Å²) in [7, 11) is -3.70. The second-order valence-corrected chi connectivity index (χ2v) is 6.75. The lowest BCUT2D eigenvalue weighted by atomic mass is 10.1. The van der Waals surface area contributed by atoms with Gasteiger partial charge < -0.3 is 10.2 Å². The maximum atomic E-state index is 11.5. The van der Waals surface area contributed by atoms with Gasteiger partial charge in [0.25, 0.3) is 0 Å². The van der Waals surface area contributed by atoms with Gasteiger partial charge in [-0.1, -0.05) is 44.9 Å². The van der Waals surface area contributed by atoms with Gasteiger partial charge in [0, 0.05) is 0 Å². The molecule has 6 nitrogen and oxygen atoms in total. The van der Waals surface area contributed by atoms with E-state index in [0.717, 1.165) is 0 Å². The smallest absolute Gasteiger partial charge is 0.322 e. The van der Waals surface area contributed by atoms with Gasteiger partial charge in [-0.05, 0) is 24.1 Å². The highest BCUT2D eigenvalue weighted by atomic mass is 32.2. The molecule has 0 aliphatic carbocycles. The molecule has 0 saturated heterocycles. The van der Waals surface area contributed by atoms with Gasteiger partial charge in [-0.15, -0.1) is 6.58 Å². The van der Waals surface area contributed by atoms with Crippen LogP contribution in [-0.2, 0) is 21.2 Å². The Morgan fingerprint density at radius 2 is 1.78 bits per heavy atom. The van der Waals surface area contributed by atoms with Gasteiger partial charge in [-0.3, -0.25) is 4.79 Å². The molecule has 0 spiro atoms. The van der Waals surface area contributed by atoms with Crippen LogP contribution in [0.1, 0.15) is 32.3 Å². The number of unbranched alkanes of at least 4 members (excludes halogenated alkanes) is 1. The standard InChI is InChI=1S/C12H15NO5S.C4H10/c1-2-7-19(17,18)13-11(12(15)16)8-9-3-5-10(14)6-4-9;1-3-4-2/h2-6,11,13-14H,1,7-8H2,(H,15,16);3-4H2,1-2H3. The SMILES string of the molecule is C=CCS(=O)(=O)NC(Cc1ccc(O)cc1)C(=O)O.CCCC. The van der Waals surface area contributed by atoms with Crippen molar-refractivity contribution in [1.29, 1.82) is 0 Å². The number of carboxylic acid groups (broad SMARTS) is 1. The van der Waals surface area contributed by atoms with E-state index in [2.05, 4.69) is 25.1 Å². The summed E-state index contributed by atoms with van der Waals surface area (Å²) in [6, 6.07) is 4.63. The lowest BCUT2D eigenvalue weighted by Crippen LogP contribution is -2.43. The second-order valence-electron chi connectivity index (χ2n) is 4.95. The van der Waals surface area contributed by atoms with E-state index in [4.69, 9.17) is 10.2 Å². The third-order valence-corrected chi connectivity index (χ3v) is 4.15. The quantitative estimate of drug-likeness (QED) is 0.628. The van der Waals surface area contributed by atoms with Crippen molar-refractivity contribution in [2.45, 2.75) is 39.2 Å². The lowest BCUT2D eigenvalue weighted by Gasteiger charge is -2.14. The molecule has 1 aromatic carbocycles. The number of phenolic OH excluding ortho intramolecular Hbond substituents is 1. The number of hydrogen-bond donors (Lipinski definition) is 3. The summed E-state index contributed by atoms with van der Waals surface area (Å²) < 4.78 is 25.1. The zero-order chi connectivity index (χ0) is 17.9. The molecule has 1 unspecified atom stereocenters. The molecule has 7 heteroatoms. The van der Waals surface area contributed by atoms with E-state index in [-0.39, 0.29) is 17.9 Å². The van der Waals surface area contributed by atoms with Crippen LogP contribution >= 0.6 is 0 Å². The molecule has 3 N–H and O–H groups in total. The van der Waals surface area contributed by atoms with Crippen molar-refractivity contribution in [2.24, 2.45) is 0 Å². The number of hydrogen-bond acceptors (Lipinski definition) is 4. The average Bonchev–Trinajstić information content (AvgIpc) is 2.48. The van der Waals surface area contributed by atoms with Crippen LogP contribution in [0.4, 0.5) is 0 Å². The molecule has 1 aromatic rings. The summed E-state index contributed by atoms with van der Waals surface area (Å²) in [6.45, 7) is 7.66. The maximum Gasteiger partial charge on any atom is 0.322 e. The van der Waals surface area contributed by atoms with E-state index >= 15 is 0 Å². The molecule has 23 heavy (non-hydrogen) atoms. The summed E-state index contributed by atoms with van der Waals surface area (Å²) in [4.78, 5) is 11.1. The molecule has 0 aliphatic rings. The Morgan fingerprint density at radius 1 is 1.26 bits per heavy atom. The molecule has 1 rings (SSSR count). The first-order chi connectivity index (χ1) is 10.8. The van der Waals surface area contributed by atoms with Gasteiger partial charge in [0.2, 0.25) is 10.0 Å². The second kappa shape index (κ2) is 10.8. The van der Waals surface area contributed by atoms with Crippen LogP contribution in [0, 0.1) is 0 Å². The number of aliphatic carboxylic acids is 1. The molecule has 0 bridgehead atoms. The van der Waals surface area contributed by atoms with Crippen molar-refractivity contribution in [3.05, 3.63) is 42.5 Å². The first-order valence-electron chi connectivity index (χ1n) is 7.37. The highest BCUT2D eigenvalue weighted by molar-refractivity contribution is 7.89. The Balaban J connectivity index is 0.00000108. The summed E-state index contributed by atoms with van der Waals surface area (Å²) in [5.74, 6) is -1.55. The molecule has 0 aromatic heterocycles. The van der Waals surface area contributed by atoms with Crippen LogP contribution in [0.15, 0.2) is 36.9 Å². The first kappa shape index (κ1) is 21.1.